The van der Waals surface area contributed by atoms with E-state index < -0.39 is 0 Å². The number of aromatic nitrogens is 1. The number of carbonyl (C=O) groups is 2. The molecule has 1 aromatic heterocycles. The van der Waals surface area contributed by atoms with E-state index in [0.29, 0.717) is 19.0 Å². The second-order valence-electron chi connectivity index (χ2n) is 7.30. The van der Waals surface area contributed by atoms with Gasteiger partial charge in [-0.15, -0.1) is 0 Å². The molecule has 2 atom stereocenters. The molecular weight excluding hydrogens is 338 g/mol. The second-order valence-corrected chi connectivity index (χ2v) is 8.35. The number of piperidine rings is 1. The molecule has 0 radical (unpaired) electrons. The van der Waals surface area contributed by atoms with Gasteiger partial charge in [-0.2, -0.15) is 0 Å². The molecule has 0 spiro atoms. The minimum absolute atomic E-state index is 0.0287. The molecule has 2 amide bonds. The third-order valence-electron chi connectivity index (χ3n) is 5.51. The van der Waals surface area contributed by atoms with Crippen molar-refractivity contribution in [1.29, 1.82) is 0 Å². The Balaban J connectivity index is 1.70. The van der Waals surface area contributed by atoms with Crippen molar-refractivity contribution in [2.45, 2.75) is 58.4 Å². The molecule has 2 heterocycles. The summed E-state index contributed by atoms with van der Waals surface area (Å²) in [5, 5.41) is 0. The third kappa shape index (κ3) is 3.97. The normalized spacial score (nSPS) is 23.3. The smallest absolute Gasteiger partial charge is 0.308 e. The van der Waals surface area contributed by atoms with Gasteiger partial charge in [-0.05, 0) is 38.0 Å². The van der Waals surface area contributed by atoms with Gasteiger partial charge in [-0.1, -0.05) is 31.1 Å². The predicted octanol–water partition coefficient (Wildman–Crippen LogP) is 1.54. The average Bonchev–Trinajstić information content (AvgIpc) is 2.90. The minimum Gasteiger partial charge on any atom is -0.369 e. The minimum atomic E-state index is -0.343. The molecule has 138 valence electrons. The number of hydrogen-bond acceptors (Lipinski definition) is 4. The number of primary amides is 1. The topological polar surface area (TPSA) is 85.4 Å². The van der Waals surface area contributed by atoms with E-state index in [2.05, 4.69) is 6.92 Å². The fourth-order valence-corrected chi connectivity index (χ4v) is 5.25. The van der Waals surface area contributed by atoms with Crippen molar-refractivity contribution in [2.24, 2.45) is 17.6 Å². The van der Waals surface area contributed by atoms with Crippen molar-refractivity contribution >= 4 is 23.2 Å². The molecule has 25 heavy (non-hydrogen) atoms. The Labute approximate surface area is 152 Å². The number of fused-ring (bicyclic) bond motifs is 1. The van der Waals surface area contributed by atoms with Gasteiger partial charge in [0.2, 0.25) is 11.8 Å². The molecule has 2 N–H and O–H groups in total. The summed E-state index contributed by atoms with van der Waals surface area (Å²) in [6.45, 7) is 3.31. The lowest BCUT2D eigenvalue weighted by atomic mass is 9.88. The second kappa shape index (κ2) is 7.72. The van der Waals surface area contributed by atoms with Crippen molar-refractivity contribution < 1.29 is 9.59 Å². The maximum absolute atomic E-state index is 12.7. The lowest BCUT2D eigenvalue weighted by molar-refractivity contribution is -0.135. The Hall–Kier alpha value is -1.63. The number of nitrogens with zero attached hydrogens (tertiary/aromatic N) is 2. The number of hydrogen-bond donors (Lipinski definition) is 1. The molecule has 0 aromatic carbocycles. The Morgan fingerprint density at radius 1 is 1.32 bits per heavy atom. The number of amides is 2. The van der Waals surface area contributed by atoms with Crippen LogP contribution >= 0.6 is 11.3 Å². The van der Waals surface area contributed by atoms with E-state index in [1.807, 2.05) is 0 Å². The van der Waals surface area contributed by atoms with Gasteiger partial charge in [0.05, 0.1) is 5.92 Å². The van der Waals surface area contributed by atoms with Crippen LogP contribution in [0.1, 0.15) is 49.6 Å². The molecule has 0 bridgehead atoms. The number of likely N-dealkylation sites (tertiary alicyclic amines) is 1. The molecule has 7 heteroatoms. The highest BCUT2D eigenvalue weighted by atomic mass is 32.1. The summed E-state index contributed by atoms with van der Waals surface area (Å²) in [6.07, 6.45) is 6.85. The molecule has 0 unspecified atom stereocenters. The van der Waals surface area contributed by atoms with Gasteiger partial charge in [-0.3, -0.25) is 19.0 Å². The summed E-state index contributed by atoms with van der Waals surface area (Å²) in [5.74, 6) is -0.0207. The molecule has 3 rings (SSSR count). The molecule has 6 nitrogen and oxygen atoms in total. The number of carbonyl (C=O) groups excluding carboxylic acids is 2. The largest absolute Gasteiger partial charge is 0.369 e. The van der Waals surface area contributed by atoms with Crippen molar-refractivity contribution in [2.75, 3.05) is 13.1 Å². The quantitative estimate of drug-likeness (QED) is 0.859. The highest BCUT2D eigenvalue weighted by Gasteiger charge is 2.29. The maximum Gasteiger partial charge on any atom is 0.308 e. The van der Waals surface area contributed by atoms with Crippen molar-refractivity contribution in [3.05, 3.63) is 20.2 Å². The number of rotatable bonds is 5. The van der Waals surface area contributed by atoms with Crippen LogP contribution in [0, 0.1) is 11.8 Å². The molecule has 1 aliphatic carbocycles. The third-order valence-corrected chi connectivity index (χ3v) is 6.55. The molecule has 0 saturated carbocycles. The number of thiazole rings is 1. The molecule has 1 aromatic rings. The van der Waals surface area contributed by atoms with E-state index >= 15 is 0 Å². The lowest BCUT2D eigenvalue weighted by Crippen LogP contribution is -2.45. The summed E-state index contributed by atoms with van der Waals surface area (Å²) in [4.78, 5) is 39.3. The fraction of sp³-hybridized carbons (Fsp3) is 0.722. The van der Waals surface area contributed by atoms with Crippen molar-refractivity contribution in [1.82, 2.24) is 9.47 Å². The van der Waals surface area contributed by atoms with Crippen molar-refractivity contribution in [3.63, 3.8) is 0 Å². The summed E-state index contributed by atoms with van der Waals surface area (Å²) < 4.78 is 1.67. The summed E-state index contributed by atoms with van der Waals surface area (Å²) in [7, 11) is 0. The predicted molar refractivity (Wildman–Crippen MR) is 97.5 cm³/mol. The molecular formula is C18H27N3O3S. The van der Waals surface area contributed by atoms with E-state index in [9.17, 15) is 14.4 Å². The first-order chi connectivity index (χ1) is 12.0. The van der Waals surface area contributed by atoms with E-state index in [1.54, 1.807) is 9.47 Å². The van der Waals surface area contributed by atoms with Gasteiger partial charge < -0.3 is 10.6 Å². The monoisotopic (exact) mass is 365 g/mol. The Kier molecular flexibility index (Phi) is 5.61. The highest BCUT2D eigenvalue weighted by molar-refractivity contribution is 7.09. The van der Waals surface area contributed by atoms with Crippen LogP contribution < -0.4 is 10.6 Å². The molecule has 2 aliphatic rings. The zero-order valence-electron chi connectivity index (χ0n) is 14.8. The van der Waals surface area contributed by atoms with E-state index in [1.165, 1.54) is 24.2 Å². The summed E-state index contributed by atoms with van der Waals surface area (Å²) in [6, 6.07) is 0. The van der Waals surface area contributed by atoms with E-state index in [-0.39, 0.29) is 29.1 Å². The number of nitrogens with two attached hydrogens (primary N) is 1. The van der Waals surface area contributed by atoms with Gasteiger partial charge in [0.1, 0.15) is 6.54 Å². The van der Waals surface area contributed by atoms with Crippen LogP contribution in [-0.4, -0.2) is 34.4 Å². The van der Waals surface area contributed by atoms with Crippen LogP contribution in [-0.2, 0) is 29.0 Å². The zero-order valence-corrected chi connectivity index (χ0v) is 15.6. The van der Waals surface area contributed by atoms with E-state index in [4.69, 9.17) is 5.73 Å². The SMILES string of the molecule is CCC[C@@H]1CCc2c(sc(=O)n2CC(=O)N2CCC[C@H](C(N)=O)C2)C1. The standard InChI is InChI=1S/C18H27N3O3S/c1-2-4-12-6-7-14-15(9-12)25-18(24)21(14)11-16(22)20-8-3-5-13(10-20)17(19)23/h12-13H,2-11H2,1H3,(H2,19,23)/t12-,13+/m1/s1. The van der Waals surface area contributed by atoms with Gasteiger partial charge in [-0.25, -0.2) is 0 Å². The fourth-order valence-electron chi connectivity index (χ4n) is 4.10. The van der Waals surface area contributed by atoms with Gasteiger partial charge in [0, 0.05) is 23.7 Å². The van der Waals surface area contributed by atoms with Crippen LogP contribution in [0.5, 0.6) is 0 Å². The first-order valence-electron chi connectivity index (χ1n) is 9.28. The Morgan fingerprint density at radius 2 is 2.12 bits per heavy atom. The average molecular weight is 365 g/mol. The molecule has 1 fully saturated rings. The summed E-state index contributed by atoms with van der Waals surface area (Å²) >= 11 is 1.30. The zero-order chi connectivity index (χ0) is 18.0. The first-order valence-corrected chi connectivity index (χ1v) is 10.1. The van der Waals surface area contributed by atoms with Crippen LogP contribution in [0.15, 0.2) is 4.79 Å². The highest BCUT2D eigenvalue weighted by Crippen LogP contribution is 2.30. The Bertz CT molecular complexity index is 709. The lowest BCUT2D eigenvalue weighted by Gasteiger charge is -2.31. The molecule has 1 saturated heterocycles. The maximum atomic E-state index is 12.7. The van der Waals surface area contributed by atoms with Gasteiger partial charge in [0.25, 0.3) is 0 Å². The first kappa shape index (κ1) is 18.2. The van der Waals surface area contributed by atoms with Crippen LogP contribution in [0.3, 0.4) is 0 Å². The van der Waals surface area contributed by atoms with Gasteiger partial charge >= 0.3 is 4.87 Å². The van der Waals surface area contributed by atoms with Gasteiger partial charge in [0.15, 0.2) is 0 Å². The van der Waals surface area contributed by atoms with Crippen LogP contribution in [0.25, 0.3) is 0 Å². The summed E-state index contributed by atoms with van der Waals surface area (Å²) in [5.41, 5.74) is 6.44. The van der Waals surface area contributed by atoms with Crippen LogP contribution in [0.4, 0.5) is 0 Å². The Morgan fingerprint density at radius 3 is 2.84 bits per heavy atom. The molecule has 1 aliphatic heterocycles. The van der Waals surface area contributed by atoms with E-state index in [0.717, 1.165) is 42.7 Å². The van der Waals surface area contributed by atoms with Crippen molar-refractivity contribution in [3.8, 4) is 0 Å². The van der Waals surface area contributed by atoms with Crippen LogP contribution in [0.2, 0.25) is 0 Å².